The van der Waals surface area contributed by atoms with Crippen molar-refractivity contribution in [3.63, 3.8) is 0 Å². The number of nitrogens with two attached hydrogens (primary N) is 1. The minimum Gasteiger partial charge on any atom is -0.466 e. The molecule has 0 aromatic carbocycles. The highest BCUT2D eigenvalue weighted by molar-refractivity contribution is 5.69. The Morgan fingerprint density at radius 3 is 1.46 bits per heavy atom. The van der Waals surface area contributed by atoms with Crippen LogP contribution in [0.4, 0.5) is 0 Å². The second-order valence-corrected chi connectivity index (χ2v) is 15.8. The summed E-state index contributed by atoms with van der Waals surface area (Å²) in [7, 11) is 0. The van der Waals surface area contributed by atoms with Gasteiger partial charge in [-0.1, -0.05) is 149 Å². The highest BCUT2D eigenvalue weighted by Crippen LogP contribution is 2.32. The summed E-state index contributed by atoms with van der Waals surface area (Å²) in [5.74, 6) is 1.46. The summed E-state index contributed by atoms with van der Waals surface area (Å²) in [6, 6.07) is 0. The van der Waals surface area contributed by atoms with Crippen molar-refractivity contribution >= 4 is 11.9 Å². The standard InChI is InChI=1S/C44H86N2O4/c1-4-7-10-13-16-19-28-37-49-43(47)33-26-20-22-29-40-38-46(36-35-45)39-41(40)30-23-21-27-34-44(48)50-42(31-24-17-14-11-8-5-2)32-25-18-15-12-9-6-3/h40-42H,4-39,45H2,1-3H3. The van der Waals surface area contributed by atoms with Crippen molar-refractivity contribution in [3.8, 4) is 0 Å². The highest BCUT2D eigenvalue weighted by atomic mass is 16.5. The second-order valence-electron chi connectivity index (χ2n) is 15.8. The molecule has 50 heavy (non-hydrogen) atoms. The molecule has 2 atom stereocenters. The Hall–Kier alpha value is -1.14. The van der Waals surface area contributed by atoms with E-state index in [9.17, 15) is 9.59 Å². The maximum Gasteiger partial charge on any atom is 0.306 e. The molecule has 1 heterocycles. The number of esters is 2. The van der Waals surface area contributed by atoms with Crippen LogP contribution in [0, 0.1) is 11.8 Å². The molecule has 6 nitrogen and oxygen atoms in total. The topological polar surface area (TPSA) is 81.9 Å². The van der Waals surface area contributed by atoms with Gasteiger partial charge in [0, 0.05) is 39.0 Å². The largest absolute Gasteiger partial charge is 0.466 e. The van der Waals surface area contributed by atoms with Gasteiger partial charge in [0.2, 0.25) is 0 Å². The number of ether oxygens (including phenoxy) is 2. The van der Waals surface area contributed by atoms with Gasteiger partial charge in [-0.15, -0.1) is 0 Å². The van der Waals surface area contributed by atoms with Crippen LogP contribution in [-0.2, 0) is 19.1 Å². The zero-order valence-electron chi connectivity index (χ0n) is 33.8. The van der Waals surface area contributed by atoms with Crippen molar-refractivity contribution in [1.29, 1.82) is 0 Å². The number of hydrogen-bond acceptors (Lipinski definition) is 6. The van der Waals surface area contributed by atoms with Gasteiger partial charge in [-0.3, -0.25) is 9.59 Å². The van der Waals surface area contributed by atoms with E-state index in [4.69, 9.17) is 15.2 Å². The molecule has 0 amide bonds. The molecule has 0 aromatic rings. The lowest BCUT2D eigenvalue weighted by Crippen LogP contribution is -2.27. The molecule has 0 spiro atoms. The van der Waals surface area contributed by atoms with Crippen molar-refractivity contribution in [3.05, 3.63) is 0 Å². The average Bonchev–Trinajstić information content (AvgIpc) is 3.49. The van der Waals surface area contributed by atoms with Gasteiger partial charge >= 0.3 is 11.9 Å². The molecular weight excluding hydrogens is 620 g/mol. The van der Waals surface area contributed by atoms with Gasteiger partial charge in [0.1, 0.15) is 6.10 Å². The van der Waals surface area contributed by atoms with E-state index in [1.807, 2.05) is 0 Å². The van der Waals surface area contributed by atoms with Crippen molar-refractivity contribution in [2.75, 3.05) is 32.8 Å². The van der Waals surface area contributed by atoms with Gasteiger partial charge in [0.25, 0.3) is 0 Å². The van der Waals surface area contributed by atoms with Crippen LogP contribution >= 0.6 is 0 Å². The Labute approximate surface area is 311 Å². The summed E-state index contributed by atoms with van der Waals surface area (Å²) in [5, 5.41) is 0. The van der Waals surface area contributed by atoms with Crippen LogP contribution in [0.2, 0.25) is 0 Å². The van der Waals surface area contributed by atoms with Crippen LogP contribution in [0.5, 0.6) is 0 Å². The Bertz CT molecular complexity index is 746. The lowest BCUT2D eigenvalue weighted by molar-refractivity contribution is -0.150. The van der Waals surface area contributed by atoms with Gasteiger partial charge in [0.15, 0.2) is 0 Å². The quantitative estimate of drug-likeness (QED) is 0.0511. The number of nitrogens with zero attached hydrogens (tertiary/aromatic N) is 1. The first-order valence-corrected chi connectivity index (χ1v) is 22.3. The number of unbranched alkanes of at least 4 members (excludes halogenated alkanes) is 20. The predicted octanol–water partition coefficient (Wildman–Crippen LogP) is 12.1. The normalized spacial score (nSPS) is 16.4. The Morgan fingerprint density at radius 1 is 0.560 bits per heavy atom. The van der Waals surface area contributed by atoms with Crippen LogP contribution in [0.3, 0.4) is 0 Å². The lowest BCUT2D eigenvalue weighted by atomic mass is 9.87. The molecule has 0 saturated carbocycles. The fraction of sp³-hybridized carbons (Fsp3) is 0.955. The predicted molar refractivity (Wildman–Crippen MR) is 213 cm³/mol. The van der Waals surface area contributed by atoms with E-state index in [0.29, 0.717) is 19.4 Å². The molecule has 296 valence electrons. The van der Waals surface area contributed by atoms with Crippen LogP contribution in [0.25, 0.3) is 0 Å². The molecule has 0 aliphatic carbocycles. The second kappa shape index (κ2) is 34.9. The summed E-state index contributed by atoms with van der Waals surface area (Å²) in [4.78, 5) is 27.6. The van der Waals surface area contributed by atoms with E-state index in [1.165, 1.54) is 141 Å². The van der Waals surface area contributed by atoms with Gasteiger partial charge in [-0.25, -0.2) is 0 Å². The molecule has 2 N–H and O–H groups in total. The van der Waals surface area contributed by atoms with Gasteiger partial charge in [-0.2, -0.15) is 0 Å². The zero-order chi connectivity index (χ0) is 36.3. The van der Waals surface area contributed by atoms with Gasteiger partial charge in [0.05, 0.1) is 6.61 Å². The van der Waals surface area contributed by atoms with E-state index >= 15 is 0 Å². The first-order valence-electron chi connectivity index (χ1n) is 22.3. The molecule has 0 radical (unpaired) electrons. The molecule has 6 heteroatoms. The van der Waals surface area contributed by atoms with Crippen LogP contribution in [0.1, 0.15) is 220 Å². The van der Waals surface area contributed by atoms with E-state index in [-0.39, 0.29) is 18.0 Å². The lowest BCUT2D eigenvalue weighted by Gasteiger charge is -2.19. The van der Waals surface area contributed by atoms with E-state index in [1.54, 1.807) is 0 Å². The van der Waals surface area contributed by atoms with Crippen molar-refractivity contribution in [1.82, 2.24) is 4.90 Å². The summed E-state index contributed by atoms with van der Waals surface area (Å²) in [6.07, 6.45) is 36.4. The maximum atomic E-state index is 12.9. The third-order valence-electron chi connectivity index (χ3n) is 11.1. The maximum absolute atomic E-state index is 12.9. The summed E-state index contributed by atoms with van der Waals surface area (Å²) >= 11 is 0. The van der Waals surface area contributed by atoms with Crippen LogP contribution in [0.15, 0.2) is 0 Å². The summed E-state index contributed by atoms with van der Waals surface area (Å²) in [6.45, 7) is 11.4. The smallest absolute Gasteiger partial charge is 0.306 e. The van der Waals surface area contributed by atoms with Gasteiger partial charge < -0.3 is 20.1 Å². The molecule has 1 rings (SSSR count). The summed E-state index contributed by atoms with van der Waals surface area (Å²) < 4.78 is 11.6. The minimum atomic E-state index is -0.0149. The molecular formula is C44H86N2O4. The molecule has 1 aliphatic heterocycles. The third kappa shape index (κ3) is 27.5. The number of carbonyl (C=O) groups excluding carboxylic acids is 2. The van der Waals surface area contributed by atoms with Gasteiger partial charge in [-0.05, 0) is 69.6 Å². The van der Waals surface area contributed by atoms with Crippen molar-refractivity contribution < 1.29 is 19.1 Å². The first-order chi connectivity index (χ1) is 24.5. The Balaban J connectivity index is 2.28. The SMILES string of the molecule is CCCCCCCCCOC(=O)CCCCCC1CN(CCN)CC1CCCCCC(=O)OC(CCCCCCCC)CCCCCCCC. The van der Waals surface area contributed by atoms with Crippen molar-refractivity contribution in [2.24, 2.45) is 17.6 Å². The highest BCUT2D eigenvalue weighted by Gasteiger charge is 2.31. The minimum absolute atomic E-state index is 0.0149. The Morgan fingerprint density at radius 2 is 0.980 bits per heavy atom. The molecule has 1 aliphatic rings. The number of hydrogen-bond donors (Lipinski definition) is 1. The number of rotatable bonds is 37. The first kappa shape index (κ1) is 46.9. The van der Waals surface area contributed by atoms with E-state index in [2.05, 4.69) is 25.7 Å². The molecule has 0 bridgehead atoms. The molecule has 0 aromatic heterocycles. The number of likely N-dealkylation sites (tertiary alicyclic amines) is 1. The molecule has 1 fully saturated rings. The monoisotopic (exact) mass is 707 g/mol. The average molecular weight is 707 g/mol. The van der Waals surface area contributed by atoms with Crippen LogP contribution < -0.4 is 5.73 Å². The summed E-state index contributed by atoms with van der Waals surface area (Å²) in [5.41, 5.74) is 5.92. The van der Waals surface area contributed by atoms with E-state index < -0.39 is 0 Å². The third-order valence-corrected chi connectivity index (χ3v) is 11.1. The molecule has 1 saturated heterocycles. The van der Waals surface area contributed by atoms with Crippen LogP contribution in [-0.4, -0.2) is 55.7 Å². The fourth-order valence-electron chi connectivity index (χ4n) is 7.89. The van der Waals surface area contributed by atoms with E-state index in [0.717, 1.165) is 83.0 Å². The molecule has 2 unspecified atom stereocenters. The number of carbonyl (C=O) groups is 2. The zero-order valence-corrected chi connectivity index (χ0v) is 33.8. The fourth-order valence-corrected chi connectivity index (χ4v) is 7.89. The Kier molecular flexibility index (Phi) is 32.7. The van der Waals surface area contributed by atoms with Crippen molar-refractivity contribution in [2.45, 2.75) is 226 Å².